The molecular formula is C19H22Cl3N. The fraction of sp³-hybridized carbons (Fsp3) is 0.368. The minimum absolute atomic E-state index is 0. The Balaban J connectivity index is 0.00000192. The van der Waals surface area contributed by atoms with E-state index in [2.05, 4.69) is 36.1 Å². The van der Waals surface area contributed by atoms with Crippen LogP contribution in [0.2, 0.25) is 10.0 Å². The van der Waals surface area contributed by atoms with E-state index < -0.39 is 0 Å². The van der Waals surface area contributed by atoms with Crippen molar-refractivity contribution >= 4 is 35.6 Å². The van der Waals surface area contributed by atoms with Crippen molar-refractivity contribution in [1.29, 1.82) is 0 Å². The molecule has 23 heavy (non-hydrogen) atoms. The number of nitrogens with zero attached hydrogens (tertiary/aromatic N) is 1. The van der Waals surface area contributed by atoms with Crippen LogP contribution in [-0.4, -0.2) is 18.0 Å². The zero-order valence-electron chi connectivity index (χ0n) is 13.2. The first kappa shape index (κ1) is 18.6. The van der Waals surface area contributed by atoms with Crippen LogP contribution in [0, 0.1) is 5.92 Å². The lowest BCUT2D eigenvalue weighted by molar-refractivity contribution is 0.157. The first-order valence-electron chi connectivity index (χ1n) is 7.89. The van der Waals surface area contributed by atoms with Gasteiger partial charge in [0.05, 0.1) is 6.04 Å². The van der Waals surface area contributed by atoms with Crippen molar-refractivity contribution in [3.8, 4) is 0 Å². The van der Waals surface area contributed by atoms with Gasteiger partial charge in [-0.25, -0.2) is 0 Å². The van der Waals surface area contributed by atoms with Crippen molar-refractivity contribution < 1.29 is 0 Å². The van der Waals surface area contributed by atoms with Crippen LogP contribution in [0.15, 0.2) is 48.5 Å². The van der Waals surface area contributed by atoms with Crippen LogP contribution < -0.4 is 0 Å². The molecule has 1 heterocycles. The molecule has 2 aromatic rings. The van der Waals surface area contributed by atoms with Gasteiger partial charge in [0.1, 0.15) is 0 Å². The molecule has 1 aliphatic heterocycles. The molecule has 0 radical (unpaired) electrons. The van der Waals surface area contributed by atoms with Gasteiger partial charge in [0.25, 0.3) is 0 Å². The molecule has 0 aliphatic carbocycles. The van der Waals surface area contributed by atoms with Gasteiger partial charge in [0.15, 0.2) is 0 Å². The van der Waals surface area contributed by atoms with Crippen LogP contribution in [0.4, 0.5) is 0 Å². The van der Waals surface area contributed by atoms with Gasteiger partial charge in [-0.05, 0) is 61.2 Å². The first-order valence-corrected chi connectivity index (χ1v) is 8.64. The van der Waals surface area contributed by atoms with Gasteiger partial charge in [0.2, 0.25) is 0 Å². The van der Waals surface area contributed by atoms with Crippen molar-refractivity contribution in [2.45, 2.75) is 25.8 Å². The summed E-state index contributed by atoms with van der Waals surface area (Å²) < 4.78 is 0. The Kier molecular flexibility index (Phi) is 6.79. The van der Waals surface area contributed by atoms with Crippen molar-refractivity contribution in [3.63, 3.8) is 0 Å². The highest BCUT2D eigenvalue weighted by Crippen LogP contribution is 2.36. The average molecular weight is 371 g/mol. The molecule has 1 nitrogen and oxygen atoms in total. The predicted octanol–water partition coefficient (Wildman–Crippen LogP) is 6.24. The predicted molar refractivity (Wildman–Crippen MR) is 102 cm³/mol. The standard InChI is InChI=1S/C19H21Cl2N.ClH/c1-14-9-11-22(12-10-14)19(15-5-4-6-16(20)13-15)17-7-2-3-8-18(17)21;/h2-8,13-14,19H,9-12H2,1H3;1H. The third-order valence-electron chi connectivity index (χ3n) is 4.55. The van der Waals surface area contributed by atoms with Crippen molar-refractivity contribution in [3.05, 3.63) is 69.7 Å². The second-order valence-electron chi connectivity index (χ2n) is 6.20. The largest absolute Gasteiger partial charge is 0.292 e. The summed E-state index contributed by atoms with van der Waals surface area (Å²) in [5, 5.41) is 1.60. The molecule has 0 N–H and O–H groups in total. The lowest BCUT2D eigenvalue weighted by Crippen LogP contribution is -2.36. The van der Waals surface area contributed by atoms with Crippen LogP contribution in [0.1, 0.15) is 36.9 Å². The Morgan fingerprint density at radius 2 is 1.70 bits per heavy atom. The minimum Gasteiger partial charge on any atom is -0.292 e. The van der Waals surface area contributed by atoms with Crippen LogP contribution in [0.3, 0.4) is 0 Å². The molecule has 1 saturated heterocycles. The van der Waals surface area contributed by atoms with Crippen molar-refractivity contribution in [2.24, 2.45) is 5.92 Å². The lowest BCUT2D eigenvalue weighted by Gasteiger charge is -2.37. The van der Waals surface area contributed by atoms with Gasteiger partial charge in [0, 0.05) is 10.0 Å². The summed E-state index contributed by atoms with van der Waals surface area (Å²) in [6.07, 6.45) is 2.48. The van der Waals surface area contributed by atoms with Crippen molar-refractivity contribution in [1.82, 2.24) is 4.90 Å². The SMILES string of the molecule is CC1CCN(C(c2cccc(Cl)c2)c2ccccc2Cl)CC1.Cl. The van der Waals surface area contributed by atoms with Crippen LogP contribution in [0.5, 0.6) is 0 Å². The first-order chi connectivity index (χ1) is 10.6. The van der Waals surface area contributed by atoms with E-state index >= 15 is 0 Å². The van der Waals surface area contributed by atoms with Gasteiger partial charge in [-0.3, -0.25) is 4.90 Å². The Hall–Kier alpha value is -0.730. The van der Waals surface area contributed by atoms with E-state index in [0.717, 1.165) is 29.1 Å². The number of hydrogen-bond donors (Lipinski definition) is 0. The van der Waals surface area contributed by atoms with Crippen LogP contribution >= 0.6 is 35.6 Å². The molecule has 1 fully saturated rings. The lowest BCUT2D eigenvalue weighted by atomic mass is 9.92. The number of benzene rings is 2. The van der Waals surface area contributed by atoms with Gasteiger partial charge in [-0.2, -0.15) is 0 Å². The summed E-state index contributed by atoms with van der Waals surface area (Å²) in [5.74, 6) is 0.808. The zero-order valence-corrected chi connectivity index (χ0v) is 15.5. The van der Waals surface area contributed by atoms with E-state index in [1.165, 1.54) is 24.0 Å². The third-order valence-corrected chi connectivity index (χ3v) is 5.13. The van der Waals surface area contributed by atoms with Crippen LogP contribution in [-0.2, 0) is 0 Å². The highest BCUT2D eigenvalue weighted by molar-refractivity contribution is 6.31. The number of rotatable bonds is 3. The fourth-order valence-corrected chi connectivity index (χ4v) is 3.69. The van der Waals surface area contributed by atoms with Crippen LogP contribution in [0.25, 0.3) is 0 Å². The molecule has 3 rings (SSSR count). The Morgan fingerprint density at radius 1 is 1.00 bits per heavy atom. The Morgan fingerprint density at radius 3 is 2.35 bits per heavy atom. The summed E-state index contributed by atoms with van der Waals surface area (Å²) in [6, 6.07) is 16.5. The molecule has 124 valence electrons. The van der Waals surface area contributed by atoms with Gasteiger partial charge in [-0.15, -0.1) is 12.4 Å². The minimum atomic E-state index is 0. The molecule has 1 atom stereocenters. The summed E-state index contributed by atoms with van der Waals surface area (Å²) in [6.45, 7) is 4.54. The maximum Gasteiger partial charge on any atom is 0.0617 e. The summed E-state index contributed by atoms with van der Waals surface area (Å²) in [7, 11) is 0. The molecule has 2 aromatic carbocycles. The topological polar surface area (TPSA) is 3.24 Å². The average Bonchev–Trinajstić information content (AvgIpc) is 2.51. The molecule has 0 saturated carbocycles. The quantitative estimate of drug-likeness (QED) is 0.618. The zero-order chi connectivity index (χ0) is 15.5. The molecule has 0 aromatic heterocycles. The maximum atomic E-state index is 6.50. The van der Waals surface area contributed by atoms with Gasteiger partial charge in [-0.1, -0.05) is 60.5 Å². The Bertz CT molecular complexity index is 636. The monoisotopic (exact) mass is 369 g/mol. The summed E-state index contributed by atoms with van der Waals surface area (Å²) >= 11 is 12.7. The van der Waals surface area contributed by atoms with Gasteiger partial charge >= 0.3 is 0 Å². The molecule has 0 spiro atoms. The van der Waals surface area contributed by atoms with E-state index in [-0.39, 0.29) is 18.4 Å². The molecule has 1 unspecified atom stereocenters. The summed E-state index contributed by atoms with van der Waals surface area (Å²) in [5.41, 5.74) is 2.39. The molecule has 1 aliphatic rings. The highest BCUT2D eigenvalue weighted by atomic mass is 35.5. The molecule has 0 amide bonds. The number of piperidine rings is 1. The van der Waals surface area contributed by atoms with E-state index in [4.69, 9.17) is 23.2 Å². The van der Waals surface area contributed by atoms with E-state index in [1.54, 1.807) is 0 Å². The van der Waals surface area contributed by atoms with E-state index in [1.807, 2.05) is 24.3 Å². The second-order valence-corrected chi connectivity index (χ2v) is 7.04. The molecule has 0 bridgehead atoms. The molecule has 4 heteroatoms. The Labute approximate surface area is 155 Å². The number of likely N-dealkylation sites (tertiary alicyclic amines) is 1. The van der Waals surface area contributed by atoms with Gasteiger partial charge < -0.3 is 0 Å². The highest BCUT2D eigenvalue weighted by Gasteiger charge is 2.27. The number of hydrogen-bond acceptors (Lipinski definition) is 1. The number of halogens is 3. The molecular weight excluding hydrogens is 349 g/mol. The fourth-order valence-electron chi connectivity index (χ4n) is 3.25. The summed E-state index contributed by atoms with van der Waals surface area (Å²) in [4.78, 5) is 2.53. The maximum absolute atomic E-state index is 6.50. The van der Waals surface area contributed by atoms with E-state index in [9.17, 15) is 0 Å². The smallest absolute Gasteiger partial charge is 0.0617 e. The third kappa shape index (κ3) is 4.42. The van der Waals surface area contributed by atoms with E-state index in [0.29, 0.717) is 0 Å². The second kappa shape index (κ2) is 8.39. The van der Waals surface area contributed by atoms with Crippen molar-refractivity contribution in [2.75, 3.05) is 13.1 Å². The normalized spacial score (nSPS) is 17.5.